The first-order chi connectivity index (χ1) is 15.1. The van der Waals surface area contributed by atoms with Gasteiger partial charge in [-0.2, -0.15) is 0 Å². The maximum Gasteiger partial charge on any atom is 0.277 e. The molecule has 1 N–H and O–H groups in total. The van der Waals surface area contributed by atoms with E-state index in [9.17, 15) is 4.79 Å². The molecule has 1 amide bonds. The minimum absolute atomic E-state index is 0.0849. The van der Waals surface area contributed by atoms with Crippen LogP contribution in [0.5, 0.6) is 23.0 Å². The SMILES string of the molecule is CCOc1ccc(-c2nnc(SCC(=O)Nc3cc(OC)c(OC)c(OC)c3)o2)cc1. The Hall–Kier alpha value is -3.40. The summed E-state index contributed by atoms with van der Waals surface area (Å²) in [5.74, 6) is 2.31. The zero-order chi connectivity index (χ0) is 22.2. The summed E-state index contributed by atoms with van der Waals surface area (Å²) < 4.78 is 26.9. The second-order valence-electron chi connectivity index (χ2n) is 6.08. The molecule has 0 aliphatic carbocycles. The molecule has 3 rings (SSSR count). The lowest BCUT2D eigenvalue weighted by atomic mass is 10.2. The lowest BCUT2D eigenvalue weighted by Gasteiger charge is -2.14. The largest absolute Gasteiger partial charge is 0.494 e. The van der Waals surface area contributed by atoms with Crippen molar-refractivity contribution in [2.24, 2.45) is 0 Å². The van der Waals surface area contributed by atoms with E-state index in [2.05, 4.69) is 15.5 Å². The van der Waals surface area contributed by atoms with Crippen molar-refractivity contribution in [2.45, 2.75) is 12.1 Å². The van der Waals surface area contributed by atoms with Gasteiger partial charge in [-0.25, -0.2) is 0 Å². The Labute approximate surface area is 184 Å². The van der Waals surface area contributed by atoms with Crippen LogP contribution in [0.4, 0.5) is 5.69 Å². The second-order valence-corrected chi connectivity index (χ2v) is 7.01. The van der Waals surface area contributed by atoms with E-state index >= 15 is 0 Å². The number of thioether (sulfide) groups is 1. The highest BCUT2D eigenvalue weighted by Crippen LogP contribution is 2.40. The highest BCUT2D eigenvalue weighted by Gasteiger charge is 2.16. The molecule has 9 nitrogen and oxygen atoms in total. The fourth-order valence-corrected chi connectivity index (χ4v) is 3.29. The van der Waals surface area contributed by atoms with E-state index < -0.39 is 0 Å². The summed E-state index contributed by atoms with van der Waals surface area (Å²) in [5, 5.41) is 11.1. The van der Waals surface area contributed by atoms with E-state index in [-0.39, 0.29) is 11.7 Å². The lowest BCUT2D eigenvalue weighted by Crippen LogP contribution is -2.14. The van der Waals surface area contributed by atoms with Gasteiger partial charge in [-0.1, -0.05) is 11.8 Å². The van der Waals surface area contributed by atoms with Crippen molar-refractivity contribution < 1.29 is 28.2 Å². The summed E-state index contributed by atoms with van der Waals surface area (Å²) in [6, 6.07) is 10.6. The van der Waals surface area contributed by atoms with Gasteiger partial charge in [0.15, 0.2) is 11.5 Å². The normalized spacial score (nSPS) is 10.5. The number of hydrogen-bond acceptors (Lipinski definition) is 9. The highest BCUT2D eigenvalue weighted by molar-refractivity contribution is 7.99. The number of ether oxygens (including phenoxy) is 4. The summed E-state index contributed by atoms with van der Waals surface area (Å²) in [6.45, 7) is 2.52. The number of carbonyl (C=O) groups is 1. The van der Waals surface area contributed by atoms with Crippen molar-refractivity contribution in [1.29, 1.82) is 0 Å². The molecule has 2 aromatic carbocycles. The maximum absolute atomic E-state index is 12.4. The number of anilines is 1. The number of hydrogen-bond donors (Lipinski definition) is 1. The zero-order valence-corrected chi connectivity index (χ0v) is 18.4. The average molecular weight is 445 g/mol. The third-order valence-corrected chi connectivity index (χ3v) is 4.91. The van der Waals surface area contributed by atoms with E-state index in [0.717, 1.165) is 23.1 Å². The van der Waals surface area contributed by atoms with Crippen LogP contribution >= 0.6 is 11.8 Å². The number of aromatic nitrogens is 2. The molecule has 1 heterocycles. The summed E-state index contributed by atoms with van der Waals surface area (Å²) >= 11 is 1.14. The van der Waals surface area contributed by atoms with E-state index in [1.54, 1.807) is 12.1 Å². The zero-order valence-electron chi connectivity index (χ0n) is 17.6. The van der Waals surface area contributed by atoms with E-state index in [0.29, 0.717) is 40.7 Å². The molecule has 0 saturated carbocycles. The summed E-state index contributed by atoms with van der Waals surface area (Å²) in [5.41, 5.74) is 1.28. The van der Waals surface area contributed by atoms with Crippen LogP contribution in [0.25, 0.3) is 11.5 Å². The van der Waals surface area contributed by atoms with Gasteiger partial charge in [0.1, 0.15) is 5.75 Å². The van der Waals surface area contributed by atoms with Gasteiger partial charge in [0, 0.05) is 23.4 Å². The first kappa shape index (κ1) is 22.3. The second kappa shape index (κ2) is 10.6. The van der Waals surface area contributed by atoms with Crippen LogP contribution in [-0.4, -0.2) is 49.8 Å². The topological polar surface area (TPSA) is 105 Å². The van der Waals surface area contributed by atoms with Crippen LogP contribution in [0.1, 0.15) is 6.92 Å². The van der Waals surface area contributed by atoms with Crippen LogP contribution in [0.15, 0.2) is 46.0 Å². The molecule has 3 aromatic rings. The van der Waals surface area contributed by atoms with Crippen molar-refractivity contribution in [3.8, 4) is 34.5 Å². The van der Waals surface area contributed by atoms with Crippen LogP contribution in [0.2, 0.25) is 0 Å². The molecular weight excluding hydrogens is 422 g/mol. The first-order valence-corrected chi connectivity index (χ1v) is 10.4. The summed E-state index contributed by atoms with van der Waals surface area (Å²) in [6.07, 6.45) is 0. The number of nitrogens with zero attached hydrogens (tertiary/aromatic N) is 2. The van der Waals surface area contributed by atoms with E-state index in [1.165, 1.54) is 21.3 Å². The first-order valence-electron chi connectivity index (χ1n) is 9.37. The Kier molecular flexibility index (Phi) is 7.60. The number of methoxy groups -OCH3 is 3. The minimum Gasteiger partial charge on any atom is -0.494 e. The Morgan fingerprint density at radius 1 is 1.03 bits per heavy atom. The number of amides is 1. The summed E-state index contributed by atoms with van der Waals surface area (Å²) in [7, 11) is 4.54. The van der Waals surface area contributed by atoms with Gasteiger partial charge in [0.25, 0.3) is 5.22 Å². The molecule has 0 aliphatic heterocycles. The fourth-order valence-electron chi connectivity index (χ4n) is 2.72. The molecule has 0 radical (unpaired) electrons. The molecule has 0 spiro atoms. The van der Waals surface area contributed by atoms with Crippen LogP contribution in [-0.2, 0) is 4.79 Å². The fraction of sp³-hybridized carbons (Fsp3) is 0.286. The maximum atomic E-state index is 12.4. The van der Waals surface area contributed by atoms with Gasteiger partial charge < -0.3 is 28.7 Å². The van der Waals surface area contributed by atoms with Gasteiger partial charge in [-0.05, 0) is 31.2 Å². The lowest BCUT2D eigenvalue weighted by molar-refractivity contribution is -0.113. The van der Waals surface area contributed by atoms with Crippen molar-refractivity contribution in [3.05, 3.63) is 36.4 Å². The number of rotatable bonds is 10. The van der Waals surface area contributed by atoms with Gasteiger partial charge in [-0.15, -0.1) is 10.2 Å². The monoisotopic (exact) mass is 445 g/mol. The molecule has 164 valence electrons. The quantitative estimate of drug-likeness (QED) is 0.465. The van der Waals surface area contributed by atoms with Gasteiger partial charge >= 0.3 is 0 Å². The predicted molar refractivity (Wildman–Crippen MR) is 116 cm³/mol. The molecular formula is C21H23N3O6S. The Bertz CT molecular complexity index is 997. The van der Waals surface area contributed by atoms with E-state index in [1.807, 2.05) is 31.2 Å². The van der Waals surface area contributed by atoms with Crippen LogP contribution in [0, 0.1) is 0 Å². The molecule has 0 fully saturated rings. The number of nitrogens with one attached hydrogen (secondary N) is 1. The molecule has 31 heavy (non-hydrogen) atoms. The van der Waals surface area contributed by atoms with Crippen molar-refractivity contribution >= 4 is 23.4 Å². The Morgan fingerprint density at radius 3 is 2.29 bits per heavy atom. The standard InChI is InChI=1S/C21H23N3O6S/c1-5-29-15-8-6-13(7-9-15)20-23-24-21(30-20)31-12-18(25)22-14-10-16(26-2)19(28-4)17(11-14)27-3/h6-11H,5,12H2,1-4H3,(H,22,25). The number of benzene rings is 2. The van der Waals surface area contributed by atoms with Crippen molar-refractivity contribution in [1.82, 2.24) is 10.2 Å². The molecule has 0 saturated heterocycles. The molecule has 10 heteroatoms. The summed E-state index contributed by atoms with van der Waals surface area (Å²) in [4.78, 5) is 12.4. The third kappa shape index (κ3) is 5.60. The third-order valence-electron chi connectivity index (χ3n) is 4.09. The Morgan fingerprint density at radius 2 is 1.71 bits per heavy atom. The molecule has 0 unspecified atom stereocenters. The molecule has 0 bridgehead atoms. The van der Waals surface area contributed by atoms with Gasteiger partial charge in [0.2, 0.25) is 17.5 Å². The smallest absolute Gasteiger partial charge is 0.277 e. The number of carbonyl (C=O) groups excluding carboxylic acids is 1. The minimum atomic E-state index is -0.250. The van der Waals surface area contributed by atoms with Crippen LogP contribution in [0.3, 0.4) is 0 Å². The Balaban J connectivity index is 1.60. The molecule has 0 aliphatic rings. The van der Waals surface area contributed by atoms with E-state index in [4.69, 9.17) is 23.4 Å². The molecule has 1 aromatic heterocycles. The molecule has 0 atom stereocenters. The van der Waals surface area contributed by atoms with Crippen molar-refractivity contribution in [3.63, 3.8) is 0 Å². The predicted octanol–water partition coefficient (Wildman–Crippen LogP) is 3.89. The van der Waals surface area contributed by atoms with Crippen LogP contribution < -0.4 is 24.3 Å². The van der Waals surface area contributed by atoms with Crippen molar-refractivity contribution in [2.75, 3.05) is 39.0 Å². The average Bonchev–Trinajstić information content (AvgIpc) is 3.26. The highest BCUT2D eigenvalue weighted by atomic mass is 32.2. The van der Waals surface area contributed by atoms with Gasteiger partial charge in [-0.3, -0.25) is 4.79 Å². The van der Waals surface area contributed by atoms with Gasteiger partial charge in [0.05, 0.1) is 33.7 Å².